The van der Waals surface area contributed by atoms with Gasteiger partial charge in [0, 0.05) is 23.1 Å². The fourth-order valence-electron chi connectivity index (χ4n) is 6.40. The van der Waals surface area contributed by atoms with Crippen LogP contribution >= 0.6 is 0 Å². The average molecular weight is 649 g/mol. The molecule has 2 unspecified atom stereocenters. The molecule has 0 saturated carbocycles. The van der Waals surface area contributed by atoms with Crippen LogP contribution < -0.4 is 14.2 Å². The highest BCUT2D eigenvalue weighted by atomic mass is 32.2. The number of rotatable bonds is 8. The quantitative estimate of drug-likeness (QED) is 0.196. The van der Waals surface area contributed by atoms with Crippen molar-refractivity contribution in [1.82, 2.24) is 0 Å². The van der Waals surface area contributed by atoms with Crippen molar-refractivity contribution in [3.05, 3.63) is 76.6 Å². The summed E-state index contributed by atoms with van der Waals surface area (Å²) in [5, 5.41) is 0. The molecule has 45 heavy (non-hydrogen) atoms. The van der Waals surface area contributed by atoms with Crippen LogP contribution in [0, 0.1) is 11.7 Å². The fraction of sp³-hybridized carbons (Fsp3) is 0.424. The van der Waals surface area contributed by atoms with Crippen molar-refractivity contribution in [2.24, 2.45) is 5.92 Å². The first kappa shape index (κ1) is 31.2. The number of esters is 1. The van der Waals surface area contributed by atoms with E-state index >= 15 is 4.39 Å². The Morgan fingerprint density at radius 2 is 1.71 bits per heavy atom. The Labute approximate surface area is 258 Å². The first-order valence-corrected chi connectivity index (χ1v) is 16.6. The van der Waals surface area contributed by atoms with E-state index in [1.165, 1.54) is 19.2 Å². The predicted octanol–water partition coefficient (Wildman–Crippen LogP) is 6.82. The van der Waals surface area contributed by atoms with Gasteiger partial charge in [0.1, 0.15) is 39.0 Å². The van der Waals surface area contributed by atoms with Crippen molar-refractivity contribution in [3.8, 4) is 28.4 Å². The molecular weight excluding hydrogens is 616 g/mol. The van der Waals surface area contributed by atoms with E-state index in [9.17, 15) is 26.4 Å². The summed E-state index contributed by atoms with van der Waals surface area (Å²) in [5.74, 6) is 0.189. The number of ether oxygens (including phenoxy) is 4. The van der Waals surface area contributed by atoms with Gasteiger partial charge < -0.3 is 18.9 Å². The molecule has 0 amide bonds. The van der Waals surface area contributed by atoms with Crippen LogP contribution in [-0.2, 0) is 32.0 Å². The van der Waals surface area contributed by atoms with Crippen molar-refractivity contribution < 1.29 is 49.7 Å². The summed E-state index contributed by atoms with van der Waals surface area (Å²) in [4.78, 5) is 11.7. The molecule has 3 aromatic rings. The van der Waals surface area contributed by atoms with Gasteiger partial charge in [0.2, 0.25) is 0 Å². The molecule has 2 aliphatic heterocycles. The zero-order valence-corrected chi connectivity index (χ0v) is 25.3. The molecule has 6 rings (SSSR count). The summed E-state index contributed by atoms with van der Waals surface area (Å²) in [5.41, 5.74) is 0.298. The van der Waals surface area contributed by atoms with Gasteiger partial charge in [0.05, 0.1) is 43.8 Å². The molecule has 240 valence electrons. The van der Waals surface area contributed by atoms with E-state index in [2.05, 4.69) is 0 Å². The summed E-state index contributed by atoms with van der Waals surface area (Å²) in [6.07, 6.45) is -3.96. The van der Waals surface area contributed by atoms with Crippen LogP contribution in [0.3, 0.4) is 0 Å². The number of hydrogen-bond donors (Lipinski definition) is 0. The number of carbonyl (C=O) groups excluding carboxylic acids is 1. The number of carbonyl (C=O) groups is 1. The summed E-state index contributed by atoms with van der Waals surface area (Å²) in [6, 6.07) is 11.9. The van der Waals surface area contributed by atoms with Crippen molar-refractivity contribution in [2.75, 3.05) is 31.8 Å². The van der Waals surface area contributed by atoms with Gasteiger partial charge >= 0.3 is 12.1 Å². The Morgan fingerprint density at radius 1 is 1.00 bits per heavy atom. The minimum atomic E-state index is -4.79. The van der Waals surface area contributed by atoms with E-state index in [1.54, 1.807) is 30.3 Å². The monoisotopic (exact) mass is 648 g/mol. The minimum Gasteiger partial charge on any atom is -0.493 e. The fourth-order valence-corrected chi connectivity index (χ4v) is 7.99. The van der Waals surface area contributed by atoms with Crippen LogP contribution in [-0.4, -0.2) is 46.2 Å². The van der Waals surface area contributed by atoms with E-state index < -0.39 is 33.5 Å². The third-order valence-corrected chi connectivity index (χ3v) is 10.5. The van der Waals surface area contributed by atoms with Crippen LogP contribution in [0.2, 0.25) is 0 Å². The van der Waals surface area contributed by atoms with Crippen molar-refractivity contribution in [3.63, 3.8) is 0 Å². The molecule has 7 nitrogen and oxygen atoms in total. The third kappa shape index (κ3) is 6.61. The second kappa shape index (κ2) is 12.2. The van der Waals surface area contributed by atoms with Gasteiger partial charge in [0.25, 0.3) is 0 Å². The lowest BCUT2D eigenvalue weighted by Crippen LogP contribution is -2.26. The summed E-state index contributed by atoms with van der Waals surface area (Å²) < 4.78 is 104. The maximum Gasteiger partial charge on any atom is 0.417 e. The minimum absolute atomic E-state index is 0.0841. The van der Waals surface area contributed by atoms with Gasteiger partial charge in [-0.3, -0.25) is 4.79 Å². The first-order valence-electron chi connectivity index (χ1n) is 14.8. The zero-order valence-electron chi connectivity index (χ0n) is 24.5. The second-order valence-corrected chi connectivity index (χ2v) is 14.0. The molecule has 0 N–H and O–H groups in total. The van der Waals surface area contributed by atoms with Crippen LogP contribution in [0.4, 0.5) is 17.6 Å². The Kier molecular flexibility index (Phi) is 8.45. The van der Waals surface area contributed by atoms with Crippen LogP contribution in [0.25, 0.3) is 11.1 Å². The number of fused-ring (bicyclic) bond motifs is 2. The second-order valence-electron chi connectivity index (χ2n) is 11.7. The Bertz CT molecular complexity index is 1690. The summed E-state index contributed by atoms with van der Waals surface area (Å²) in [7, 11) is -1.67. The molecule has 0 aromatic heterocycles. The highest BCUT2D eigenvalue weighted by Gasteiger charge is 2.40. The molecule has 1 fully saturated rings. The van der Waals surface area contributed by atoms with Gasteiger partial charge in [-0.15, -0.1) is 0 Å². The largest absolute Gasteiger partial charge is 0.493 e. The van der Waals surface area contributed by atoms with Crippen LogP contribution in [0.15, 0.2) is 48.5 Å². The smallest absolute Gasteiger partial charge is 0.417 e. The van der Waals surface area contributed by atoms with Crippen molar-refractivity contribution in [2.45, 2.75) is 50.3 Å². The molecule has 0 bridgehead atoms. The van der Waals surface area contributed by atoms with Crippen LogP contribution in [0.1, 0.15) is 60.0 Å². The molecule has 3 aromatic carbocycles. The number of alkyl halides is 3. The Morgan fingerprint density at radius 3 is 2.40 bits per heavy atom. The lowest BCUT2D eigenvalue weighted by molar-refractivity contribution is -0.141. The van der Waals surface area contributed by atoms with E-state index in [-0.39, 0.29) is 70.8 Å². The maximum absolute atomic E-state index is 15.4. The number of benzene rings is 3. The number of methoxy groups -OCH3 is 1. The van der Waals surface area contributed by atoms with Crippen molar-refractivity contribution in [1.29, 1.82) is 0 Å². The lowest BCUT2D eigenvalue weighted by atomic mass is 9.91. The molecule has 2 atom stereocenters. The predicted molar refractivity (Wildman–Crippen MR) is 157 cm³/mol. The van der Waals surface area contributed by atoms with Gasteiger partial charge in [-0.25, -0.2) is 12.8 Å². The maximum atomic E-state index is 15.4. The van der Waals surface area contributed by atoms with Gasteiger partial charge in [-0.05, 0) is 72.6 Å². The summed E-state index contributed by atoms with van der Waals surface area (Å²) >= 11 is 0. The average Bonchev–Trinajstić information content (AvgIpc) is 3.60. The lowest BCUT2D eigenvalue weighted by Gasteiger charge is -2.22. The number of halogens is 4. The molecule has 12 heteroatoms. The number of sulfone groups is 1. The molecule has 1 saturated heterocycles. The zero-order chi connectivity index (χ0) is 31.9. The molecule has 1 aliphatic carbocycles. The highest BCUT2D eigenvalue weighted by Crippen LogP contribution is 2.48. The molecule has 2 heterocycles. The van der Waals surface area contributed by atoms with E-state index in [0.717, 1.165) is 5.56 Å². The molecule has 3 aliphatic rings. The van der Waals surface area contributed by atoms with E-state index in [0.29, 0.717) is 49.4 Å². The normalized spacial score (nSPS) is 20.6. The van der Waals surface area contributed by atoms with Gasteiger partial charge in [0.15, 0.2) is 0 Å². The van der Waals surface area contributed by atoms with Gasteiger partial charge in [-0.1, -0.05) is 18.2 Å². The van der Waals surface area contributed by atoms with E-state index in [1.807, 2.05) is 0 Å². The topological polar surface area (TPSA) is 88.1 Å². The third-order valence-electron chi connectivity index (χ3n) is 8.80. The van der Waals surface area contributed by atoms with Crippen LogP contribution in [0.5, 0.6) is 17.2 Å². The highest BCUT2D eigenvalue weighted by molar-refractivity contribution is 7.91. The van der Waals surface area contributed by atoms with Crippen molar-refractivity contribution >= 4 is 15.8 Å². The standard InChI is InChI=1S/C33H32F4O7S/c1-41-30(38)14-21-18-43-29-15-23(6-7-24(21)29)44-28-9-8-25-31(26(33(35,36)37)16-27(34)32(25)28)20-2-4-22(5-3-20)42-17-19-10-12-45(39,40)13-11-19/h2-7,15-16,19,21,28H,8-14,17-18H2,1H3. The van der Waals surface area contributed by atoms with Gasteiger partial charge in [-0.2, -0.15) is 13.2 Å². The molecule has 0 spiro atoms. The SMILES string of the molecule is COC(=O)CC1COc2cc(OC3CCc4c(-c5ccc(OCC6CCS(=O)(=O)CC6)cc5)c(C(F)(F)F)cc(F)c43)ccc21. The Balaban J connectivity index is 1.23. The number of hydrogen-bond acceptors (Lipinski definition) is 7. The summed E-state index contributed by atoms with van der Waals surface area (Å²) in [6.45, 7) is 0.612. The first-order chi connectivity index (χ1) is 21.4. The van der Waals surface area contributed by atoms with E-state index in [4.69, 9.17) is 18.9 Å². The molecule has 0 radical (unpaired) electrons. The Hall–Kier alpha value is -3.80. The molecular formula is C33H32F4O7S.